The summed E-state index contributed by atoms with van der Waals surface area (Å²) in [5, 5.41) is 9.92. The smallest absolute Gasteiger partial charge is 0.134 e. The van der Waals surface area contributed by atoms with Gasteiger partial charge >= 0.3 is 0 Å². The van der Waals surface area contributed by atoms with E-state index in [1.807, 2.05) is 4.90 Å². The van der Waals surface area contributed by atoms with Crippen molar-refractivity contribution in [3.63, 3.8) is 0 Å². The van der Waals surface area contributed by atoms with Crippen LogP contribution in [0.5, 0.6) is 0 Å². The van der Waals surface area contributed by atoms with Crippen LogP contribution >= 0.6 is 0 Å². The molecule has 0 aromatic rings. The molecule has 0 aromatic heterocycles. The van der Waals surface area contributed by atoms with Gasteiger partial charge in [-0.25, -0.2) is 0 Å². The Labute approximate surface area is 92.0 Å². The fraction of sp³-hybridized carbons (Fsp3) is 0.692. The van der Waals surface area contributed by atoms with Crippen molar-refractivity contribution >= 4 is 0 Å². The molecule has 1 aliphatic carbocycles. The number of hydrogen-bond acceptors (Lipinski definition) is 2. The molecule has 1 saturated heterocycles. The average molecular weight is 205 g/mol. The lowest BCUT2D eigenvalue weighted by Gasteiger charge is -2.44. The molecule has 2 fully saturated rings. The first kappa shape index (κ1) is 10.6. The van der Waals surface area contributed by atoms with Crippen LogP contribution in [0.3, 0.4) is 0 Å². The van der Waals surface area contributed by atoms with Gasteiger partial charge in [-0.2, -0.15) is 0 Å². The van der Waals surface area contributed by atoms with E-state index in [4.69, 9.17) is 0 Å². The average Bonchev–Trinajstić information content (AvgIpc) is 2.28. The summed E-state index contributed by atoms with van der Waals surface area (Å²) in [5.41, 5.74) is 0. The van der Waals surface area contributed by atoms with Gasteiger partial charge in [-0.3, -0.25) is 0 Å². The minimum atomic E-state index is -0.364. The van der Waals surface area contributed by atoms with Crippen LogP contribution in [0.25, 0.3) is 0 Å². The highest BCUT2D eigenvalue weighted by Crippen LogP contribution is 2.36. The number of hydrogen-bond donors (Lipinski definition) is 1. The van der Waals surface area contributed by atoms with Crippen molar-refractivity contribution in [1.82, 2.24) is 4.90 Å². The molecular formula is C13H19NO. The first-order valence-corrected chi connectivity index (χ1v) is 5.91. The summed E-state index contributed by atoms with van der Waals surface area (Å²) in [6.07, 6.45) is 8.39. The maximum Gasteiger partial charge on any atom is 0.134 e. The Bertz CT molecular complexity index is 289. The topological polar surface area (TPSA) is 23.5 Å². The third kappa shape index (κ3) is 2.18. The Hall–Kier alpha value is -0.940. The molecule has 1 saturated carbocycles. The van der Waals surface area contributed by atoms with Crippen LogP contribution in [0.15, 0.2) is 12.7 Å². The number of aliphatic hydroxyl groups is 1. The molecule has 0 radical (unpaired) electrons. The lowest BCUT2D eigenvalue weighted by Crippen LogP contribution is -2.49. The summed E-state index contributed by atoms with van der Waals surface area (Å²) in [4.78, 5) is 1.97. The van der Waals surface area contributed by atoms with Gasteiger partial charge in [-0.1, -0.05) is 25.3 Å². The molecule has 82 valence electrons. The van der Waals surface area contributed by atoms with Crippen LogP contribution in [-0.4, -0.2) is 22.3 Å². The molecule has 3 atom stereocenters. The summed E-state index contributed by atoms with van der Waals surface area (Å²) in [6.45, 7) is 3.59. The third-order valence-electron chi connectivity index (χ3n) is 3.64. The molecule has 1 heterocycles. The van der Waals surface area contributed by atoms with E-state index >= 15 is 0 Å². The Kier molecular flexibility index (Phi) is 3.33. The molecule has 0 amide bonds. The normalized spacial score (nSPS) is 35.0. The Balaban J connectivity index is 2.12. The monoisotopic (exact) mass is 205 g/mol. The van der Waals surface area contributed by atoms with Gasteiger partial charge in [0.1, 0.15) is 6.23 Å². The SMILES string of the molecule is C=CC#CN1C(O)CCC2CCCCC21. The van der Waals surface area contributed by atoms with E-state index in [-0.39, 0.29) is 6.23 Å². The zero-order valence-corrected chi connectivity index (χ0v) is 9.15. The van der Waals surface area contributed by atoms with Crippen molar-refractivity contribution in [2.75, 3.05) is 0 Å². The first-order valence-electron chi connectivity index (χ1n) is 5.91. The van der Waals surface area contributed by atoms with Crippen molar-refractivity contribution in [3.8, 4) is 12.0 Å². The lowest BCUT2D eigenvalue weighted by molar-refractivity contribution is -0.0515. The number of likely N-dealkylation sites (tertiary alicyclic amines) is 1. The van der Waals surface area contributed by atoms with Crippen LogP contribution in [0, 0.1) is 17.9 Å². The molecule has 1 N–H and O–H groups in total. The van der Waals surface area contributed by atoms with Gasteiger partial charge in [0.2, 0.25) is 0 Å². The van der Waals surface area contributed by atoms with Crippen LogP contribution in [0.1, 0.15) is 38.5 Å². The highest BCUT2D eigenvalue weighted by molar-refractivity contribution is 5.13. The Morgan fingerprint density at radius 3 is 2.80 bits per heavy atom. The second kappa shape index (κ2) is 4.72. The number of allylic oxidation sites excluding steroid dienone is 1. The van der Waals surface area contributed by atoms with Crippen LogP contribution in [0.4, 0.5) is 0 Å². The van der Waals surface area contributed by atoms with Gasteiger partial charge in [0.05, 0.1) is 0 Å². The molecule has 0 aromatic carbocycles. The molecule has 0 bridgehead atoms. The molecule has 2 aliphatic rings. The lowest BCUT2D eigenvalue weighted by atomic mass is 9.78. The second-order valence-corrected chi connectivity index (χ2v) is 4.54. The second-order valence-electron chi connectivity index (χ2n) is 4.54. The summed E-state index contributed by atoms with van der Waals surface area (Å²) >= 11 is 0. The van der Waals surface area contributed by atoms with E-state index in [0.717, 1.165) is 18.8 Å². The molecule has 3 unspecified atom stereocenters. The molecule has 15 heavy (non-hydrogen) atoms. The largest absolute Gasteiger partial charge is 0.373 e. The van der Waals surface area contributed by atoms with Crippen molar-refractivity contribution in [1.29, 1.82) is 0 Å². The summed E-state index contributed by atoms with van der Waals surface area (Å²) in [6, 6.07) is 3.52. The predicted molar refractivity (Wildman–Crippen MR) is 60.8 cm³/mol. The number of nitrogens with zero attached hydrogens (tertiary/aromatic N) is 1. The maximum atomic E-state index is 9.92. The fourth-order valence-electron chi connectivity index (χ4n) is 2.89. The molecule has 2 nitrogen and oxygen atoms in total. The van der Waals surface area contributed by atoms with Crippen molar-refractivity contribution in [2.24, 2.45) is 5.92 Å². The van der Waals surface area contributed by atoms with E-state index in [1.165, 1.54) is 25.7 Å². The van der Waals surface area contributed by atoms with Gasteiger partial charge in [-0.05, 0) is 37.7 Å². The highest BCUT2D eigenvalue weighted by Gasteiger charge is 2.36. The zero-order chi connectivity index (χ0) is 10.7. The standard InChI is InChI=1S/C13H19NO/c1-2-3-10-14-12-7-5-4-6-11(12)8-9-13(14)15/h2,11-13,15H,1,4-9H2. The number of rotatable bonds is 0. The van der Waals surface area contributed by atoms with Crippen LogP contribution < -0.4 is 0 Å². The minimum Gasteiger partial charge on any atom is -0.373 e. The van der Waals surface area contributed by atoms with Gasteiger partial charge in [0, 0.05) is 12.1 Å². The number of piperidine rings is 1. The van der Waals surface area contributed by atoms with E-state index in [9.17, 15) is 5.11 Å². The third-order valence-corrected chi connectivity index (χ3v) is 3.64. The number of fused-ring (bicyclic) bond motifs is 1. The Morgan fingerprint density at radius 1 is 1.20 bits per heavy atom. The molecular weight excluding hydrogens is 186 g/mol. The van der Waals surface area contributed by atoms with Gasteiger partial charge in [0.25, 0.3) is 0 Å². The van der Waals surface area contributed by atoms with E-state index in [1.54, 1.807) is 6.08 Å². The minimum absolute atomic E-state index is 0.364. The van der Waals surface area contributed by atoms with Gasteiger partial charge in [-0.15, -0.1) is 0 Å². The summed E-state index contributed by atoms with van der Waals surface area (Å²) < 4.78 is 0. The zero-order valence-electron chi connectivity index (χ0n) is 9.15. The van der Waals surface area contributed by atoms with Gasteiger partial charge in [0.15, 0.2) is 0 Å². The van der Waals surface area contributed by atoms with Crippen molar-refractivity contribution in [2.45, 2.75) is 50.8 Å². The molecule has 2 rings (SSSR count). The quantitative estimate of drug-likeness (QED) is 0.612. The first-order chi connectivity index (χ1) is 7.33. The van der Waals surface area contributed by atoms with E-state index in [2.05, 4.69) is 18.5 Å². The van der Waals surface area contributed by atoms with Gasteiger partial charge < -0.3 is 10.0 Å². The van der Waals surface area contributed by atoms with Crippen LogP contribution in [0.2, 0.25) is 0 Å². The van der Waals surface area contributed by atoms with Crippen molar-refractivity contribution in [3.05, 3.63) is 12.7 Å². The molecule has 2 heteroatoms. The Morgan fingerprint density at radius 2 is 2.00 bits per heavy atom. The summed E-state index contributed by atoms with van der Waals surface area (Å²) in [5.74, 6) is 3.61. The van der Waals surface area contributed by atoms with Crippen LogP contribution in [-0.2, 0) is 0 Å². The summed E-state index contributed by atoms with van der Waals surface area (Å²) in [7, 11) is 0. The predicted octanol–water partition coefficient (Wildman–Crippen LogP) is 2.11. The molecule has 1 aliphatic heterocycles. The van der Waals surface area contributed by atoms with E-state index < -0.39 is 0 Å². The van der Waals surface area contributed by atoms with E-state index in [0.29, 0.717) is 6.04 Å². The number of aliphatic hydroxyl groups excluding tert-OH is 1. The fourth-order valence-corrected chi connectivity index (χ4v) is 2.89. The molecule has 0 spiro atoms. The van der Waals surface area contributed by atoms with Crippen molar-refractivity contribution < 1.29 is 5.11 Å². The highest BCUT2D eigenvalue weighted by atomic mass is 16.3. The maximum absolute atomic E-state index is 9.92.